The third-order valence-electron chi connectivity index (χ3n) is 6.60. The Hall–Kier alpha value is -4.98. The number of carbonyl (C=O) groups excluding carboxylic acids is 2. The molecule has 0 fully saturated rings. The van der Waals surface area contributed by atoms with Gasteiger partial charge in [0.05, 0.1) is 12.1 Å². The summed E-state index contributed by atoms with van der Waals surface area (Å²) < 4.78 is 7.20. The molecule has 40 heavy (non-hydrogen) atoms. The highest BCUT2D eigenvalue weighted by Crippen LogP contribution is 2.27. The predicted molar refractivity (Wildman–Crippen MR) is 153 cm³/mol. The fourth-order valence-electron chi connectivity index (χ4n) is 4.62. The second-order valence-electron chi connectivity index (χ2n) is 9.35. The molecule has 1 unspecified atom stereocenters. The van der Waals surface area contributed by atoms with Gasteiger partial charge in [-0.15, -0.1) is 5.10 Å². The maximum Gasteiger partial charge on any atom is 0.247 e. The highest BCUT2D eigenvalue weighted by molar-refractivity contribution is 5.89. The van der Waals surface area contributed by atoms with Gasteiger partial charge in [0.2, 0.25) is 11.8 Å². The number of benzene rings is 4. The number of aromatic nitrogens is 3. The summed E-state index contributed by atoms with van der Waals surface area (Å²) in [7, 11) is 0. The van der Waals surface area contributed by atoms with Crippen molar-refractivity contribution in [3.05, 3.63) is 126 Å². The Morgan fingerprint density at radius 1 is 0.850 bits per heavy atom. The first-order valence-electron chi connectivity index (χ1n) is 13.3. The van der Waals surface area contributed by atoms with Crippen LogP contribution in [0.4, 0.5) is 0 Å². The van der Waals surface area contributed by atoms with Gasteiger partial charge in [-0.05, 0) is 47.9 Å². The van der Waals surface area contributed by atoms with Crippen LogP contribution >= 0.6 is 0 Å². The van der Waals surface area contributed by atoms with Crippen LogP contribution < -0.4 is 10.1 Å². The molecule has 5 rings (SSSR count). The van der Waals surface area contributed by atoms with E-state index >= 15 is 0 Å². The highest BCUT2D eigenvalue weighted by Gasteiger charge is 2.32. The molecule has 1 atom stereocenters. The van der Waals surface area contributed by atoms with Gasteiger partial charge in [0, 0.05) is 13.1 Å². The lowest BCUT2D eigenvalue weighted by molar-refractivity contribution is -0.142. The van der Waals surface area contributed by atoms with E-state index in [1.54, 1.807) is 9.58 Å². The highest BCUT2D eigenvalue weighted by atomic mass is 16.5. The van der Waals surface area contributed by atoms with Gasteiger partial charge in [-0.3, -0.25) is 9.59 Å². The van der Waals surface area contributed by atoms with Crippen molar-refractivity contribution in [2.45, 2.75) is 32.6 Å². The molecular formula is C32H31N5O3. The summed E-state index contributed by atoms with van der Waals surface area (Å²) in [6, 6.07) is 33.3. The third-order valence-corrected chi connectivity index (χ3v) is 6.60. The molecule has 1 heterocycles. The van der Waals surface area contributed by atoms with Crippen LogP contribution in [0.1, 0.15) is 29.7 Å². The number of ether oxygens (including phenoxy) is 1. The van der Waals surface area contributed by atoms with Crippen LogP contribution in [0.25, 0.3) is 11.0 Å². The van der Waals surface area contributed by atoms with E-state index in [4.69, 9.17) is 4.74 Å². The molecule has 0 bridgehead atoms. The lowest BCUT2D eigenvalue weighted by Gasteiger charge is -2.32. The van der Waals surface area contributed by atoms with E-state index in [1.807, 2.05) is 116 Å². The standard InChI is InChI=1S/C32H31N5O3/c1-2-40-27-19-17-26(18-20-27)31(32(39)33-21-24-11-5-3-6-12-24)36(22-25-13-7-4-8-14-25)30(38)23-37-29-16-10-9-15-28(29)34-35-37/h3-20,31H,2,21-23H2,1H3,(H,33,39). The molecule has 0 radical (unpaired) electrons. The van der Waals surface area contributed by atoms with E-state index < -0.39 is 6.04 Å². The summed E-state index contributed by atoms with van der Waals surface area (Å²) in [6.45, 7) is 2.97. The predicted octanol–water partition coefficient (Wildman–Crippen LogP) is 4.92. The Bertz CT molecular complexity index is 1550. The molecule has 2 amide bonds. The van der Waals surface area contributed by atoms with Crippen LogP contribution in [0.5, 0.6) is 5.75 Å². The summed E-state index contributed by atoms with van der Waals surface area (Å²) in [5, 5.41) is 11.5. The van der Waals surface area contributed by atoms with E-state index in [0.29, 0.717) is 30.0 Å². The van der Waals surface area contributed by atoms with Gasteiger partial charge in [0.25, 0.3) is 0 Å². The van der Waals surface area contributed by atoms with Gasteiger partial charge >= 0.3 is 0 Å². The minimum absolute atomic E-state index is 0.0627. The van der Waals surface area contributed by atoms with Gasteiger partial charge in [0.15, 0.2) is 0 Å². The molecule has 202 valence electrons. The molecule has 0 aliphatic heterocycles. The van der Waals surface area contributed by atoms with Gasteiger partial charge < -0.3 is 15.0 Å². The number of rotatable bonds is 11. The number of hydrogen-bond acceptors (Lipinski definition) is 5. The van der Waals surface area contributed by atoms with E-state index in [9.17, 15) is 9.59 Å². The van der Waals surface area contributed by atoms with Gasteiger partial charge in [-0.1, -0.05) is 90.1 Å². The first-order valence-corrected chi connectivity index (χ1v) is 13.3. The summed E-state index contributed by atoms with van der Waals surface area (Å²) >= 11 is 0. The SMILES string of the molecule is CCOc1ccc(C(C(=O)NCc2ccccc2)N(Cc2ccccc2)C(=O)Cn2nnc3ccccc32)cc1. The second-order valence-corrected chi connectivity index (χ2v) is 9.35. The summed E-state index contributed by atoms with van der Waals surface area (Å²) in [5.74, 6) is 0.165. The Morgan fingerprint density at radius 2 is 1.50 bits per heavy atom. The fraction of sp³-hybridized carbons (Fsp3) is 0.188. The van der Waals surface area contributed by atoms with Crippen LogP contribution in [0.2, 0.25) is 0 Å². The quantitative estimate of drug-likeness (QED) is 0.260. The van der Waals surface area contributed by atoms with Crippen molar-refractivity contribution < 1.29 is 14.3 Å². The van der Waals surface area contributed by atoms with Crippen molar-refractivity contribution in [2.24, 2.45) is 0 Å². The van der Waals surface area contributed by atoms with Crippen molar-refractivity contribution in [2.75, 3.05) is 6.61 Å². The number of nitrogens with one attached hydrogen (secondary N) is 1. The average Bonchev–Trinajstić information content (AvgIpc) is 3.40. The van der Waals surface area contributed by atoms with Gasteiger partial charge in [0.1, 0.15) is 23.9 Å². The molecule has 1 aromatic heterocycles. The van der Waals surface area contributed by atoms with Crippen LogP contribution in [0, 0.1) is 0 Å². The van der Waals surface area contributed by atoms with Crippen molar-refractivity contribution in [1.29, 1.82) is 0 Å². The van der Waals surface area contributed by atoms with E-state index in [-0.39, 0.29) is 24.9 Å². The third kappa shape index (κ3) is 6.35. The minimum atomic E-state index is -0.887. The molecular weight excluding hydrogens is 502 g/mol. The number of nitrogens with zero attached hydrogens (tertiary/aromatic N) is 4. The van der Waals surface area contributed by atoms with Crippen LogP contribution in [-0.2, 0) is 29.2 Å². The number of hydrogen-bond donors (Lipinski definition) is 1. The molecule has 0 saturated carbocycles. The largest absolute Gasteiger partial charge is 0.494 e. The first-order chi connectivity index (χ1) is 19.6. The van der Waals surface area contributed by atoms with Crippen LogP contribution in [0.3, 0.4) is 0 Å². The van der Waals surface area contributed by atoms with Crippen molar-refractivity contribution in [1.82, 2.24) is 25.2 Å². The van der Waals surface area contributed by atoms with Crippen molar-refractivity contribution in [3.63, 3.8) is 0 Å². The Balaban J connectivity index is 1.50. The topological polar surface area (TPSA) is 89.4 Å². The first kappa shape index (κ1) is 26.6. The molecule has 8 nitrogen and oxygen atoms in total. The summed E-state index contributed by atoms with van der Waals surface area (Å²) in [5.41, 5.74) is 4.01. The molecule has 0 aliphatic carbocycles. The summed E-state index contributed by atoms with van der Waals surface area (Å²) in [4.78, 5) is 29.6. The molecule has 0 aliphatic rings. The lowest BCUT2D eigenvalue weighted by Crippen LogP contribution is -2.44. The molecule has 0 saturated heterocycles. The zero-order valence-electron chi connectivity index (χ0n) is 22.3. The van der Waals surface area contributed by atoms with E-state index in [2.05, 4.69) is 15.6 Å². The summed E-state index contributed by atoms with van der Waals surface area (Å²) in [6.07, 6.45) is 0. The van der Waals surface area contributed by atoms with E-state index in [0.717, 1.165) is 16.6 Å². The number of fused-ring (bicyclic) bond motifs is 1. The minimum Gasteiger partial charge on any atom is -0.494 e. The molecule has 4 aromatic carbocycles. The van der Waals surface area contributed by atoms with Gasteiger partial charge in [-0.25, -0.2) is 4.68 Å². The molecule has 1 N–H and O–H groups in total. The van der Waals surface area contributed by atoms with Gasteiger partial charge in [-0.2, -0.15) is 0 Å². The fourth-order valence-corrected chi connectivity index (χ4v) is 4.62. The Morgan fingerprint density at radius 3 is 2.20 bits per heavy atom. The monoisotopic (exact) mass is 533 g/mol. The molecule has 0 spiro atoms. The Labute approximate surface area is 233 Å². The van der Waals surface area contributed by atoms with Crippen LogP contribution in [-0.4, -0.2) is 38.3 Å². The number of para-hydroxylation sites is 1. The number of amides is 2. The smallest absolute Gasteiger partial charge is 0.247 e. The number of carbonyl (C=O) groups is 2. The van der Waals surface area contributed by atoms with Crippen molar-refractivity contribution in [3.8, 4) is 5.75 Å². The average molecular weight is 534 g/mol. The molecule has 5 aromatic rings. The Kier molecular flexibility index (Phi) is 8.46. The lowest BCUT2D eigenvalue weighted by atomic mass is 10.0. The van der Waals surface area contributed by atoms with E-state index in [1.165, 1.54) is 0 Å². The normalized spacial score (nSPS) is 11.6. The van der Waals surface area contributed by atoms with Crippen molar-refractivity contribution >= 4 is 22.8 Å². The van der Waals surface area contributed by atoms with Crippen LogP contribution in [0.15, 0.2) is 109 Å². The second kappa shape index (κ2) is 12.7. The zero-order chi connectivity index (χ0) is 27.7. The maximum atomic E-state index is 14.1. The zero-order valence-corrected chi connectivity index (χ0v) is 22.3. The molecule has 8 heteroatoms. The maximum absolute atomic E-state index is 14.1.